The smallest absolute Gasteiger partial charge is 0.330 e. The molecule has 1 aromatic carbocycles. The minimum atomic E-state index is -0.627. The largest absolute Gasteiger partial charge is 0.496 e. The molecule has 0 unspecified atom stereocenters. The first-order chi connectivity index (χ1) is 13.2. The van der Waals surface area contributed by atoms with Gasteiger partial charge in [-0.2, -0.15) is 4.80 Å². The van der Waals surface area contributed by atoms with Gasteiger partial charge in [0, 0.05) is 12.1 Å². The van der Waals surface area contributed by atoms with Crippen molar-refractivity contribution in [3.8, 4) is 16.5 Å². The van der Waals surface area contributed by atoms with Crippen LogP contribution in [0.3, 0.4) is 0 Å². The molecule has 0 spiro atoms. The van der Waals surface area contributed by atoms with Crippen LogP contribution in [0.5, 0.6) is 5.75 Å². The summed E-state index contributed by atoms with van der Waals surface area (Å²) in [7, 11) is 1.56. The summed E-state index contributed by atoms with van der Waals surface area (Å²) in [6.45, 7) is -0.339. The third kappa shape index (κ3) is 5.11. The predicted octanol–water partition coefficient (Wildman–Crippen LogP) is 1.27. The molecule has 0 aliphatic carbocycles. The van der Waals surface area contributed by atoms with Crippen molar-refractivity contribution in [2.75, 3.05) is 13.7 Å². The SMILES string of the molecule is COc1ccccc1CNC(=O)COC(=O)Cn1nnc(-c2cccs2)n1. The number of esters is 1. The Morgan fingerprint density at radius 2 is 2.07 bits per heavy atom. The first kappa shape index (κ1) is 18.5. The fraction of sp³-hybridized carbons (Fsp3) is 0.235. The molecular weight excluding hydrogens is 370 g/mol. The molecule has 0 radical (unpaired) electrons. The lowest BCUT2D eigenvalue weighted by Gasteiger charge is -2.09. The number of tetrazole rings is 1. The first-order valence-corrected chi connectivity index (χ1v) is 8.89. The monoisotopic (exact) mass is 387 g/mol. The summed E-state index contributed by atoms with van der Waals surface area (Å²) in [5.74, 6) is 0.0681. The number of thiophene rings is 1. The number of carbonyl (C=O) groups is 2. The van der Waals surface area contributed by atoms with Crippen molar-refractivity contribution in [3.05, 3.63) is 47.3 Å². The summed E-state index contributed by atoms with van der Waals surface area (Å²) < 4.78 is 10.2. The van der Waals surface area contributed by atoms with Crippen LogP contribution >= 0.6 is 11.3 Å². The van der Waals surface area contributed by atoms with Crippen molar-refractivity contribution < 1.29 is 19.1 Å². The van der Waals surface area contributed by atoms with Crippen LogP contribution in [0.2, 0.25) is 0 Å². The molecule has 0 aliphatic rings. The van der Waals surface area contributed by atoms with Gasteiger partial charge in [-0.25, -0.2) is 4.79 Å². The number of methoxy groups -OCH3 is 1. The second-order valence-corrected chi connectivity index (χ2v) is 6.32. The molecule has 3 rings (SSSR count). The number of carbonyl (C=O) groups excluding carboxylic acids is 2. The maximum absolute atomic E-state index is 11.9. The van der Waals surface area contributed by atoms with E-state index >= 15 is 0 Å². The van der Waals surface area contributed by atoms with Gasteiger partial charge in [-0.15, -0.1) is 21.5 Å². The van der Waals surface area contributed by atoms with E-state index in [1.165, 1.54) is 11.3 Å². The average molecular weight is 387 g/mol. The average Bonchev–Trinajstić information content (AvgIpc) is 3.36. The molecule has 0 atom stereocenters. The van der Waals surface area contributed by atoms with Gasteiger partial charge in [-0.3, -0.25) is 4.79 Å². The molecule has 0 aliphatic heterocycles. The molecule has 0 saturated heterocycles. The van der Waals surface area contributed by atoms with E-state index in [9.17, 15) is 9.59 Å². The van der Waals surface area contributed by atoms with Crippen LogP contribution < -0.4 is 10.1 Å². The molecule has 9 nitrogen and oxygen atoms in total. The molecule has 10 heteroatoms. The van der Waals surface area contributed by atoms with Gasteiger partial charge < -0.3 is 14.8 Å². The minimum Gasteiger partial charge on any atom is -0.496 e. The highest BCUT2D eigenvalue weighted by Gasteiger charge is 2.12. The lowest BCUT2D eigenvalue weighted by molar-refractivity contribution is -0.149. The van der Waals surface area contributed by atoms with Crippen molar-refractivity contribution in [3.63, 3.8) is 0 Å². The normalized spacial score (nSPS) is 10.4. The second-order valence-electron chi connectivity index (χ2n) is 5.37. The second kappa shape index (κ2) is 8.90. The molecule has 2 heterocycles. The highest BCUT2D eigenvalue weighted by Crippen LogP contribution is 2.19. The Kier molecular flexibility index (Phi) is 6.10. The zero-order valence-electron chi connectivity index (χ0n) is 14.5. The highest BCUT2D eigenvalue weighted by atomic mass is 32.1. The molecule has 140 valence electrons. The molecule has 2 aromatic heterocycles. The molecule has 0 saturated carbocycles. The molecule has 3 aromatic rings. The maximum atomic E-state index is 11.9. The number of rotatable bonds is 8. The van der Waals surface area contributed by atoms with Crippen LogP contribution in [0.1, 0.15) is 5.56 Å². The number of hydrogen-bond acceptors (Lipinski definition) is 8. The Morgan fingerprint density at radius 1 is 1.22 bits per heavy atom. The van der Waals surface area contributed by atoms with Gasteiger partial charge in [-0.05, 0) is 22.7 Å². The zero-order valence-corrected chi connectivity index (χ0v) is 15.3. The van der Waals surface area contributed by atoms with E-state index < -0.39 is 11.9 Å². The molecule has 1 N–H and O–H groups in total. The number of nitrogens with zero attached hydrogens (tertiary/aromatic N) is 4. The summed E-state index contributed by atoms with van der Waals surface area (Å²) in [5.41, 5.74) is 0.826. The van der Waals surface area contributed by atoms with Crippen molar-refractivity contribution in [1.82, 2.24) is 25.5 Å². The molecular formula is C17H17N5O4S. The number of para-hydroxylation sites is 1. The number of benzene rings is 1. The Bertz CT molecular complexity index is 910. The van der Waals surface area contributed by atoms with Crippen LogP contribution in [-0.4, -0.2) is 45.8 Å². The van der Waals surface area contributed by atoms with Crippen molar-refractivity contribution >= 4 is 23.2 Å². The summed E-state index contributed by atoms with van der Waals surface area (Å²) >= 11 is 1.47. The lowest BCUT2D eigenvalue weighted by Crippen LogP contribution is -2.29. The standard InChI is InChI=1S/C17H17N5O4S/c1-25-13-6-3-2-5-12(13)9-18-15(23)11-26-16(24)10-22-20-17(19-21-22)14-7-4-8-27-14/h2-8H,9-11H2,1H3,(H,18,23). The summed E-state index contributed by atoms with van der Waals surface area (Å²) in [6, 6.07) is 11.1. The van der Waals surface area contributed by atoms with Gasteiger partial charge in [0.05, 0.1) is 12.0 Å². The number of amides is 1. The number of ether oxygens (including phenoxy) is 2. The van der Waals surface area contributed by atoms with Gasteiger partial charge in [0.25, 0.3) is 5.91 Å². The first-order valence-electron chi connectivity index (χ1n) is 8.01. The zero-order chi connectivity index (χ0) is 19.1. The quantitative estimate of drug-likeness (QED) is 0.580. The predicted molar refractivity (Wildman–Crippen MR) is 96.9 cm³/mol. The Morgan fingerprint density at radius 3 is 2.85 bits per heavy atom. The molecule has 27 heavy (non-hydrogen) atoms. The van der Waals surface area contributed by atoms with E-state index in [2.05, 4.69) is 20.7 Å². The minimum absolute atomic E-state index is 0.224. The Hall–Kier alpha value is -3.27. The van der Waals surface area contributed by atoms with E-state index in [0.717, 1.165) is 15.2 Å². The number of aromatic nitrogens is 4. The van der Waals surface area contributed by atoms with E-state index in [4.69, 9.17) is 9.47 Å². The lowest BCUT2D eigenvalue weighted by atomic mass is 10.2. The molecule has 0 bridgehead atoms. The fourth-order valence-corrected chi connectivity index (χ4v) is 2.86. The van der Waals surface area contributed by atoms with E-state index in [1.54, 1.807) is 13.2 Å². The third-order valence-corrected chi connectivity index (χ3v) is 4.36. The van der Waals surface area contributed by atoms with Gasteiger partial charge in [0.1, 0.15) is 5.75 Å². The van der Waals surface area contributed by atoms with Gasteiger partial charge >= 0.3 is 5.97 Å². The van der Waals surface area contributed by atoms with Crippen molar-refractivity contribution in [2.24, 2.45) is 0 Å². The topological polar surface area (TPSA) is 108 Å². The van der Waals surface area contributed by atoms with Crippen LogP contribution in [-0.2, 0) is 27.4 Å². The van der Waals surface area contributed by atoms with Crippen LogP contribution in [0, 0.1) is 0 Å². The van der Waals surface area contributed by atoms with E-state index in [-0.39, 0.29) is 19.7 Å². The third-order valence-electron chi connectivity index (χ3n) is 3.50. The van der Waals surface area contributed by atoms with Crippen molar-refractivity contribution in [1.29, 1.82) is 0 Å². The summed E-state index contributed by atoms with van der Waals surface area (Å²) in [4.78, 5) is 25.7. The van der Waals surface area contributed by atoms with Crippen LogP contribution in [0.4, 0.5) is 0 Å². The van der Waals surface area contributed by atoms with Gasteiger partial charge in [0.15, 0.2) is 13.2 Å². The maximum Gasteiger partial charge on any atom is 0.330 e. The Balaban J connectivity index is 1.43. The van der Waals surface area contributed by atoms with Crippen LogP contribution in [0.15, 0.2) is 41.8 Å². The van der Waals surface area contributed by atoms with Gasteiger partial charge in [-0.1, -0.05) is 24.3 Å². The number of nitrogens with one attached hydrogen (secondary N) is 1. The Labute approximate surface area is 158 Å². The fourth-order valence-electron chi connectivity index (χ4n) is 2.22. The summed E-state index contributed by atoms with van der Waals surface area (Å²) in [6.07, 6.45) is 0. The molecule has 0 fully saturated rings. The highest BCUT2D eigenvalue weighted by molar-refractivity contribution is 7.13. The van der Waals surface area contributed by atoms with E-state index in [1.807, 2.05) is 35.7 Å². The van der Waals surface area contributed by atoms with Gasteiger partial charge in [0.2, 0.25) is 5.82 Å². The summed E-state index contributed by atoms with van der Waals surface area (Å²) in [5, 5.41) is 16.4. The van der Waals surface area contributed by atoms with E-state index in [0.29, 0.717) is 11.6 Å². The van der Waals surface area contributed by atoms with Crippen LogP contribution in [0.25, 0.3) is 10.7 Å². The van der Waals surface area contributed by atoms with Crippen molar-refractivity contribution in [2.45, 2.75) is 13.1 Å². The number of hydrogen-bond donors (Lipinski definition) is 1. The molecule has 1 amide bonds.